The van der Waals surface area contributed by atoms with Crippen molar-refractivity contribution in [3.63, 3.8) is 0 Å². The van der Waals surface area contributed by atoms with Gasteiger partial charge < -0.3 is 14.2 Å². The van der Waals surface area contributed by atoms with Crippen LogP contribution in [0.4, 0.5) is 5.69 Å². The van der Waals surface area contributed by atoms with Crippen LogP contribution in [0.15, 0.2) is 53.7 Å². The molecule has 1 atom stereocenters. The Labute approximate surface area is 167 Å². The molecule has 2 aromatic carbocycles. The summed E-state index contributed by atoms with van der Waals surface area (Å²) in [5, 5.41) is 0.571. The lowest BCUT2D eigenvalue weighted by atomic mass is 9.83. The normalized spacial score (nSPS) is 18.8. The summed E-state index contributed by atoms with van der Waals surface area (Å²) in [6.07, 6.45) is 0.124. The second-order valence-electron chi connectivity index (χ2n) is 6.51. The minimum Gasteiger partial charge on any atom is -0.497 e. The van der Waals surface area contributed by atoms with Gasteiger partial charge >= 0.3 is 5.97 Å². The van der Waals surface area contributed by atoms with Crippen molar-refractivity contribution in [1.29, 1.82) is 0 Å². The van der Waals surface area contributed by atoms with E-state index in [9.17, 15) is 9.59 Å². The highest BCUT2D eigenvalue weighted by molar-refractivity contribution is 6.30. The van der Waals surface area contributed by atoms with Gasteiger partial charge in [-0.25, -0.2) is 4.79 Å². The molecule has 1 unspecified atom stereocenters. The zero-order valence-electron chi connectivity index (χ0n) is 15.4. The summed E-state index contributed by atoms with van der Waals surface area (Å²) in [5.74, 6) is 0.214. The molecule has 144 valence electrons. The van der Waals surface area contributed by atoms with Gasteiger partial charge in [0.2, 0.25) is 5.91 Å². The van der Waals surface area contributed by atoms with E-state index in [2.05, 4.69) is 0 Å². The first-order valence-corrected chi connectivity index (χ1v) is 9.12. The molecule has 1 amide bonds. The molecule has 0 N–H and O–H groups in total. The van der Waals surface area contributed by atoms with Crippen LogP contribution < -0.4 is 14.4 Å². The van der Waals surface area contributed by atoms with E-state index in [-0.39, 0.29) is 18.9 Å². The number of esters is 1. The van der Waals surface area contributed by atoms with E-state index in [4.69, 9.17) is 25.8 Å². The molecule has 0 spiro atoms. The predicted molar refractivity (Wildman–Crippen MR) is 104 cm³/mol. The second kappa shape index (κ2) is 7.20. The van der Waals surface area contributed by atoms with Gasteiger partial charge in [0.1, 0.15) is 18.1 Å². The zero-order chi connectivity index (χ0) is 19.8. The molecule has 0 bridgehead atoms. The van der Waals surface area contributed by atoms with E-state index in [0.29, 0.717) is 33.5 Å². The molecule has 2 aliphatic rings. The summed E-state index contributed by atoms with van der Waals surface area (Å²) in [4.78, 5) is 27.2. The topological polar surface area (TPSA) is 65.1 Å². The molecule has 0 fully saturated rings. The lowest BCUT2D eigenvalue weighted by Crippen LogP contribution is -2.37. The molecule has 4 rings (SSSR count). The van der Waals surface area contributed by atoms with Crippen LogP contribution in [-0.4, -0.2) is 32.7 Å². The quantitative estimate of drug-likeness (QED) is 0.733. The summed E-state index contributed by atoms with van der Waals surface area (Å²) < 4.78 is 16.0. The molecule has 0 aromatic heterocycles. The first kappa shape index (κ1) is 18.4. The molecule has 0 saturated heterocycles. The highest BCUT2D eigenvalue weighted by Gasteiger charge is 2.43. The number of hydrogen-bond donors (Lipinski definition) is 0. The molecule has 0 saturated carbocycles. The fourth-order valence-corrected chi connectivity index (χ4v) is 3.84. The number of cyclic esters (lactones) is 1. The van der Waals surface area contributed by atoms with Crippen molar-refractivity contribution in [2.24, 2.45) is 0 Å². The Morgan fingerprint density at radius 1 is 1.07 bits per heavy atom. The van der Waals surface area contributed by atoms with Gasteiger partial charge in [-0.2, -0.15) is 0 Å². The van der Waals surface area contributed by atoms with Crippen LogP contribution in [0.3, 0.4) is 0 Å². The van der Waals surface area contributed by atoms with Crippen LogP contribution in [0, 0.1) is 0 Å². The highest BCUT2D eigenvalue weighted by atomic mass is 35.5. The van der Waals surface area contributed by atoms with Gasteiger partial charge in [0, 0.05) is 34.7 Å². The van der Waals surface area contributed by atoms with Crippen LogP contribution >= 0.6 is 11.6 Å². The van der Waals surface area contributed by atoms with Gasteiger partial charge in [0.05, 0.1) is 25.5 Å². The van der Waals surface area contributed by atoms with Crippen molar-refractivity contribution in [3.05, 3.63) is 64.3 Å². The SMILES string of the molecule is COc1ccc(C2CC(=O)N(c3ccc(Cl)cc3)C3=C2C(=O)OC3)c(OC)c1. The summed E-state index contributed by atoms with van der Waals surface area (Å²) >= 11 is 5.96. The summed E-state index contributed by atoms with van der Waals surface area (Å²) in [6.45, 7) is 0.0531. The Morgan fingerprint density at radius 2 is 1.82 bits per heavy atom. The Kier molecular flexibility index (Phi) is 4.73. The molecule has 7 heteroatoms. The third-order valence-electron chi connectivity index (χ3n) is 5.02. The monoisotopic (exact) mass is 399 g/mol. The van der Waals surface area contributed by atoms with Gasteiger partial charge in [-0.1, -0.05) is 17.7 Å². The smallest absolute Gasteiger partial charge is 0.336 e. The largest absolute Gasteiger partial charge is 0.497 e. The third-order valence-corrected chi connectivity index (χ3v) is 5.27. The van der Waals surface area contributed by atoms with Crippen molar-refractivity contribution in [2.45, 2.75) is 12.3 Å². The van der Waals surface area contributed by atoms with Gasteiger partial charge in [-0.05, 0) is 30.3 Å². The van der Waals surface area contributed by atoms with E-state index in [0.717, 1.165) is 5.56 Å². The van der Waals surface area contributed by atoms with Crippen molar-refractivity contribution in [1.82, 2.24) is 0 Å². The number of rotatable bonds is 4. The number of nitrogens with zero attached hydrogens (tertiary/aromatic N) is 1. The minimum absolute atomic E-state index is 0.0531. The first-order chi connectivity index (χ1) is 13.5. The second-order valence-corrected chi connectivity index (χ2v) is 6.94. The van der Waals surface area contributed by atoms with E-state index in [1.165, 1.54) is 0 Å². The number of halogens is 1. The predicted octanol–water partition coefficient (Wildman–Crippen LogP) is 3.69. The van der Waals surface area contributed by atoms with Crippen molar-refractivity contribution in [3.8, 4) is 11.5 Å². The highest BCUT2D eigenvalue weighted by Crippen LogP contribution is 2.45. The van der Waals surface area contributed by atoms with Crippen LogP contribution in [0.25, 0.3) is 0 Å². The van der Waals surface area contributed by atoms with Crippen LogP contribution in [0.1, 0.15) is 17.9 Å². The Hall–Kier alpha value is -2.99. The molecular weight excluding hydrogens is 382 g/mol. The van der Waals surface area contributed by atoms with E-state index in [1.54, 1.807) is 55.5 Å². The number of methoxy groups -OCH3 is 2. The third kappa shape index (κ3) is 2.99. The molecule has 2 heterocycles. The van der Waals surface area contributed by atoms with Crippen LogP contribution in [0.2, 0.25) is 5.02 Å². The number of hydrogen-bond acceptors (Lipinski definition) is 5. The Bertz CT molecular complexity index is 983. The zero-order valence-corrected chi connectivity index (χ0v) is 16.2. The number of amides is 1. The van der Waals surface area contributed by atoms with Gasteiger partial charge in [-0.15, -0.1) is 0 Å². The maximum atomic E-state index is 13.1. The van der Waals surface area contributed by atoms with Gasteiger partial charge in [0.25, 0.3) is 0 Å². The maximum absolute atomic E-state index is 13.1. The molecule has 0 aliphatic carbocycles. The molecule has 6 nitrogen and oxygen atoms in total. The average molecular weight is 400 g/mol. The van der Waals surface area contributed by atoms with Crippen molar-refractivity contribution >= 4 is 29.2 Å². The first-order valence-electron chi connectivity index (χ1n) is 8.74. The molecule has 28 heavy (non-hydrogen) atoms. The summed E-state index contributed by atoms with van der Waals surface area (Å²) in [6, 6.07) is 12.3. The van der Waals surface area contributed by atoms with Crippen LogP contribution in [0.5, 0.6) is 11.5 Å². The van der Waals surface area contributed by atoms with Crippen LogP contribution in [-0.2, 0) is 14.3 Å². The van der Waals surface area contributed by atoms with Gasteiger partial charge in [0.15, 0.2) is 0 Å². The number of anilines is 1. The minimum atomic E-state index is -0.443. The number of carbonyl (C=O) groups is 2. The van der Waals surface area contributed by atoms with Crippen molar-refractivity contribution in [2.75, 3.05) is 25.7 Å². The standard InChI is InChI=1S/C21H18ClNO5/c1-26-14-7-8-15(18(9-14)27-2)16-10-19(24)23(13-5-3-12(22)4-6-13)17-11-28-21(25)20(16)17/h3-9,16H,10-11H2,1-2H3. The molecular formula is C21H18ClNO5. The fraction of sp³-hybridized carbons (Fsp3) is 0.238. The lowest BCUT2D eigenvalue weighted by molar-refractivity contribution is -0.136. The number of carbonyl (C=O) groups excluding carboxylic acids is 2. The fourth-order valence-electron chi connectivity index (χ4n) is 3.72. The lowest BCUT2D eigenvalue weighted by Gasteiger charge is -2.32. The average Bonchev–Trinajstić information content (AvgIpc) is 3.09. The summed E-state index contributed by atoms with van der Waals surface area (Å²) in [5.41, 5.74) is 2.45. The van der Waals surface area contributed by atoms with Crippen molar-refractivity contribution < 1.29 is 23.8 Å². The Morgan fingerprint density at radius 3 is 2.50 bits per heavy atom. The maximum Gasteiger partial charge on any atom is 0.336 e. The summed E-state index contributed by atoms with van der Waals surface area (Å²) in [7, 11) is 3.11. The number of ether oxygens (including phenoxy) is 3. The Balaban J connectivity index is 1.83. The molecule has 0 radical (unpaired) electrons. The molecule has 2 aromatic rings. The van der Waals surface area contributed by atoms with Gasteiger partial charge in [-0.3, -0.25) is 9.69 Å². The van der Waals surface area contributed by atoms with E-state index >= 15 is 0 Å². The molecule has 2 aliphatic heterocycles. The number of benzene rings is 2. The van der Waals surface area contributed by atoms with E-state index in [1.807, 2.05) is 6.07 Å². The van der Waals surface area contributed by atoms with E-state index < -0.39 is 11.9 Å².